The highest BCUT2D eigenvalue weighted by Crippen LogP contribution is 2.37. The summed E-state index contributed by atoms with van der Waals surface area (Å²) in [7, 11) is 0. The van der Waals surface area contributed by atoms with Crippen molar-refractivity contribution >= 4 is 5.57 Å². The minimum atomic E-state index is 0.753. The molecule has 0 aliphatic heterocycles. The lowest BCUT2D eigenvalue weighted by Crippen LogP contribution is -2.20. The molecule has 1 heterocycles. The fraction of sp³-hybridized carbons (Fsp3) is 0.483. The Bertz CT molecular complexity index is 908. The lowest BCUT2D eigenvalue weighted by atomic mass is 9.80. The first-order valence-corrected chi connectivity index (χ1v) is 12.4. The third kappa shape index (κ3) is 5.29. The van der Waals surface area contributed by atoms with E-state index >= 15 is 0 Å². The van der Waals surface area contributed by atoms with E-state index in [-0.39, 0.29) is 0 Å². The SMILES string of the molecule is C=CCCc1c(-c2ccccc2)c(C2=CCCC=C2)nn1CC1CCC(CCC)CC1. The summed E-state index contributed by atoms with van der Waals surface area (Å²) in [5, 5.41) is 5.28. The van der Waals surface area contributed by atoms with Crippen molar-refractivity contribution in [1.82, 2.24) is 9.78 Å². The lowest BCUT2D eigenvalue weighted by molar-refractivity contribution is 0.235. The van der Waals surface area contributed by atoms with Gasteiger partial charge in [0, 0.05) is 17.8 Å². The summed E-state index contributed by atoms with van der Waals surface area (Å²) < 4.78 is 2.37. The molecule has 0 amide bonds. The average Bonchev–Trinajstić information content (AvgIpc) is 3.18. The van der Waals surface area contributed by atoms with Gasteiger partial charge < -0.3 is 0 Å². The van der Waals surface area contributed by atoms with Crippen LogP contribution >= 0.6 is 0 Å². The van der Waals surface area contributed by atoms with E-state index in [1.54, 1.807) is 0 Å². The van der Waals surface area contributed by atoms with Gasteiger partial charge in [-0.2, -0.15) is 5.10 Å². The molecule has 1 saturated carbocycles. The van der Waals surface area contributed by atoms with Crippen LogP contribution in [0.15, 0.2) is 61.2 Å². The Kier molecular flexibility index (Phi) is 7.61. The number of rotatable bonds is 9. The summed E-state index contributed by atoms with van der Waals surface area (Å²) in [6.07, 6.45) is 21.4. The van der Waals surface area contributed by atoms with Crippen LogP contribution in [0.25, 0.3) is 16.7 Å². The van der Waals surface area contributed by atoms with Crippen molar-refractivity contribution in [2.75, 3.05) is 0 Å². The van der Waals surface area contributed by atoms with Gasteiger partial charge >= 0.3 is 0 Å². The molecule has 4 rings (SSSR count). The van der Waals surface area contributed by atoms with Crippen molar-refractivity contribution in [3.8, 4) is 11.1 Å². The van der Waals surface area contributed by atoms with Crippen molar-refractivity contribution in [3.05, 3.63) is 72.6 Å². The molecular weight excluding hydrogens is 376 g/mol. The molecule has 0 spiro atoms. The molecule has 2 heteroatoms. The Labute approximate surface area is 188 Å². The molecule has 0 bridgehead atoms. The molecule has 0 saturated heterocycles. The van der Waals surface area contributed by atoms with Crippen LogP contribution in [0.3, 0.4) is 0 Å². The van der Waals surface area contributed by atoms with Crippen LogP contribution in [0, 0.1) is 11.8 Å². The Balaban J connectivity index is 1.69. The predicted molar refractivity (Wildman–Crippen MR) is 133 cm³/mol. The number of benzene rings is 1. The summed E-state index contributed by atoms with van der Waals surface area (Å²) in [6, 6.07) is 10.9. The van der Waals surface area contributed by atoms with Crippen LogP contribution in [-0.2, 0) is 13.0 Å². The zero-order valence-electron chi connectivity index (χ0n) is 19.2. The molecule has 2 nitrogen and oxygen atoms in total. The van der Waals surface area contributed by atoms with Crippen molar-refractivity contribution in [2.45, 2.75) is 77.7 Å². The van der Waals surface area contributed by atoms with E-state index in [1.165, 1.54) is 66.6 Å². The summed E-state index contributed by atoms with van der Waals surface area (Å²) in [6.45, 7) is 7.37. The summed E-state index contributed by atoms with van der Waals surface area (Å²) in [5.74, 6) is 1.70. The number of allylic oxidation sites excluding steroid dienone is 5. The van der Waals surface area contributed by atoms with Gasteiger partial charge in [0.1, 0.15) is 5.69 Å². The van der Waals surface area contributed by atoms with E-state index in [9.17, 15) is 0 Å². The minimum Gasteiger partial charge on any atom is -0.268 e. The highest BCUT2D eigenvalue weighted by atomic mass is 15.3. The quantitative estimate of drug-likeness (QED) is 0.380. The van der Waals surface area contributed by atoms with Crippen LogP contribution in [-0.4, -0.2) is 9.78 Å². The van der Waals surface area contributed by atoms with E-state index < -0.39 is 0 Å². The number of hydrogen-bond donors (Lipinski definition) is 0. The highest BCUT2D eigenvalue weighted by molar-refractivity contribution is 5.85. The van der Waals surface area contributed by atoms with E-state index in [2.05, 4.69) is 66.7 Å². The van der Waals surface area contributed by atoms with E-state index in [4.69, 9.17) is 5.10 Å². The van der Waals surface area contributed by atoms with E-state index in [0.29, 0.717) is 0 Å². The fourth-order valence-corrected chi connectivity index (χ4v) is 5.40. The Morgan fingerprint density at radius 3 is 2.52 bits per heavy atom. The zero-order valence-corrected chi connectivity index (χ0v) is 19.2. The van der Waals surface area contributed by atoms with Gasteiger partial charge in [-0.1, -0.05) is 87.2 Å². The van der Waals surface area contributed by atoms with Gasteiger partial charge in [-0.25, -0.2) is 0 Å². The first-order valence-electron chi connectivity index (χ1n) is 12.4. The molecule has 1 aromatic heterocycles. The molecule has 31 heavy (non-hydrogen) atoms. The van der Waals surface area contributed by atoms with Crippen LogP contribution < -0.4 is 0 Å². The van der Waals surface area contributed by atoms with Gasteiger partial charge in [0.05, 0.1) is 0 Å². The van der Waals surface area contributed by atoms with Crippen LogP contribution in [0.5, 0.6) is 0 Å². The third-order valence-corrected chi connectivity index (χ3v) is 7.07. The van der Waals surface area contributed by atoms with Crippen molar-refractivity contribution < 1.29 is 0 Å². The van der Waals surface area contributed by atoms with Crippen LogP contribution in [0.1, 0.15) is 76.1 Å². The maximum atomic E-state index is 5.28. The molecule has 2 aliphatic carbocycles. The van der Waals surface area contributed by atoms with E-state index in [0.717, 1.165) is 44.1 Å². The zero-order chi connectivity index (χ0) is 21.5. The van der Waals surface area contributed by atoms with Crippen LogP contribution in [0.2, 0.25) is 0 Å². The van der Waals surface area contributed by atoms with Gasteiger partial charge in [-0.3, -0.25) is 4.68 Å². The van der Waals surface area contributed by atoms with Gasteiger partial charge in [0.15, 0.2) is 0 Å². The summed E-state index contributed by atoms with van der Waals surface area (Å²) in [5.41, 5.74) is 6.46. The molecule has 0 N–H and O–H groups in total. The van der Waals surface area contributed by atoms with Gasteiger partial charge in [0.2, 0.25) is 0 Å². The number of hydrogen-bond acceptors (Lipinski definition) is 1. The van der Waals surface area contributed by atoms with Gasteiger partial charge in [0.25, 0.3) is 0 Å². The molecule has 1 fully saturated rings. The van der Waals surface area contributed by atoms with Crippen molar-refractivity contribution in [3.63, 3.8) is 0 Å². The largest absolute Gasteiger partial charge is 0.268 e. The van der Waals surface area contributed by atoms with E-state index in [1.807, 2.05) is 6.08 Å². The van der Waals surface area contributed by atoms with Gasteiger partial charge in [-0.15, -0.1) is 6.58 Å². The normalized spacial score (nSPS) is 21.1. The monoisotopic (exact) mass is 414 g/mol. The Hall–Kier alpha value is -2.35. The molecule has 0 unspecified atom stereocenters. The molecule has 0 radical (unpaired) electrons. The first kappa shape index (κ1) is 21.9. The maximum absolute atomic E-state index is 5.28. The fourth-order valence-electron chi connectivity index (χ4n) is 5.40. The first-order chi connectivity index (χ1) is 15.3. The van der Waals surface area contributed by atoms with Crippen LogP contribution in [0.4, 0.5) is 0 Å². The molecule has 1 aromatic carbocycles. The molecule has 164 valence electrons. The molecule has 2 aromatic rings. The lowest BCUT2D eigenvalue weighted by Gasteiger charge is -2.28. The highest BCUT2D eigenvalue weighted by Gasteiger charge is 2.25. The number of aromatic nitrogens is 2. The second-order valence-corrected chi connectivity index (χ2v) is 9.36. The molecular formula is C29H38N2. The topological polar surface area (TPSA) is 17.8 Å². The summed E-state index contributed by atoms with van der Waals surface area (Å²) >= 11 is 0. The second-order valence-electron chi connectivity index (χ2n) is 9.36. The predicted octanol–water partition coefficient (Wildman–Crippen LogP) is 8.01. The second kappa shape index (κ2) is 10.8. The van der Waals surface area contributed by atoms with Gasteiger partial charge in [-0.05, 0) is 61.5 Å². The molecule has 0 atom stereocenters. The summed E-state index contributed by atoms with van der Waals surface area (Å²) in [4.78, 5) is 0. The molecule has 2 aliphatic rings. The third-order valence-electron chi connectivity index (χ3n) is 7.07. The van der Waals surface area contributed by atoms with Crippen molar-refractivity contribution in [2.24, 2.45) is 11.8 Å². The smallest absolute Gasteiger partial charge is 0.100 e. The Morgan fingerprint density at radius 2 is 1.84 bits per heavy atom. The minimum absolute atomic E-state index is 0.753. The van der Waals surface area contributed by atoms with Crippen molar-refractivity contribution in [1.29, 1.82) is 0 Å². The maximum Gasteiger partial charge on any atom is 0.100 e. The Morgan fingerprint density at radius 1 is 1.06 bits per heavy atom. The average molecular weight is 415 g/mol. The standard InChI is InChI=1S/C29H38N2/c1-3-5-17-27-28(25-13-8-6-9-14-25)29(26-15-10-7-11-16-26)30-31(27)22-24-20-18-23(12-4-2)19-21-24/h3,6,8-10,13-16,23-24H,1,4-5,7,11-12,17-22H2,2H3. The number of nitrogens with zero attached hydrogens (tertiary/aromatic N) is 2.